The minimum Gasteiger partial charge on any atom is -0.490 e. The third kappa shape index (κ3) is 10.6. The molecule has 1 aliphatic carbocycles. The van der Waals surface area contributed by atoms with Gasteiger partial charge in [0.15, 0.2) is 11.6 Å². The highest BCUT2D eigenvalue weighted by Gasteiger charge is 2.42. The molecule has 270 valence electrons. The van der Waals surface area contributed by atoms with E-state index in [9.17, 15) is 18.4 Å². The van der Waals surface area contributed by atoms with Crippen LogP contribution in [-0.4, -0.2) is 109 Å². The van der Waals surface area contributed by atoms with Crippen molar-refractivity contribution in [1.29, 1.82) is 0 Å². The number of nitrogens with zero attached hydrogens (tertiary/aromatic N) is 4. The van der Waals surface area contributed by atoms with Gasteiger partial charge in [-0.25, -0.2) is 18.4 Å². The second-order valence-corrected chi connectivity index (χ2v) is 11.9. The molecule has 0 bridgehead atoms. The third-order valence-electron chi connectivity index (χ3n) is 8.05. The highest BCUT2D eigenvalue weighted by Crippen LogP contribution is 2.33. The second-order valence-electron chi connectivity index (χ2n) is 11.5. The zero-order valence-corrected chi connectivity index (χ0v) is 27.9. The molecule has 1 saturated heterocycles. The molecule has 1 aliphatic heterocycles. The molecule has 13 nitrogen and oxygen atoms in total. The number of halogens is 3. The Hall–Kier alpha value is -4.25. The van der Waals surface area contributed by atoms with Crippen molar-refractivity contribution in [2.24, 2.45) is 0 Å². The molecule has 5 rings (SSSR count). The monoisotopic (exact) mass is 720 g/mol. The number of rotatable bonds is 17. The summed E-state index contributed by atoms with van der Waals surface area (Å²) in [5.41, 5.74) is 1.57. The van der Waals surface area contributed by atoms with Gasteiger partial charge in [0, 0.05) is 42.5 Å². The van der Waals surface area contributed by atoms with Crippen molar-refractivity contribution in [3.05, 3.63) is 89.0 Å². The van der Waals surface area contributed by atoms with Crippen molar-refractivity contribution in [1.82, 2.24) is 15.2 Å². The predicted molar refractivity (Wildman–Crippen MR) is 175 cm³/mol. The molecule has 0 radical (unpaired) electrons. The largest absolute Gasteiger partial charge is 0.490 e. The third-order valence-corrected chi connectivity index (χ3v) is 8.42. The van der Waals surface area contributed by atoms with Gasteiger partial charge in [0.1, 0.15) is 37.4 Å². The van der Waals surface area contributed by atoms with E-state index >= 15 is 0 Å². The van der Waals surface area contributed by atoms with Gasteiger partial charge in [0.25, 0.3) is 0 Å². The van der Waals surface area contributed by atoms with Gasteiger partial charge in [0.05, 0.1) is 31.8 Å². The molecule has 2 N–H and O–H groups in total. The van der Waals surface area contributed by atoms with Crippen LogP contribution in [0.3, 0.4) is 0 Å². The van der Waals surface area contributed by atoms with Gasteiger partial charge in [-0.05, 0) is 60.9 Å². The number of piperazine rings is 1. The lowest BCUT2D eigenvalue weighted by molar-refractivity contribution is -0.493. The van der Waals surface area contributed by atoms with Crippen molar-refractivity contribution in [3.8, 4) is 11.5 Å². The molecule has 3 aromatic carbocycles. The fraction of sp³-hybridized carbons (Fsp3) is 0.412. The maximum absolute atomic E-state index is 14.4. The Bertz CT molecular complexity index is 1570. The molecule has 50 heavy (non-hydrogen) atoms. The molecule has 0 unspecified atom stereocenters. The Labute approximate surface area is 292 Å². The van der Waals surface area contributed by atoms with Crippen LogP contribution in [-0.2, 0) is 25.7 Å². The van der Waals surface area contributed by atoms with E-state index < -0.39 is 29.2 Å². The van der Waals surface area contributed by atoms with Crippen molar-refractivity contribution >= 4 is 29.3 Å². The maximum Gasteiger partial charge on any atom is 0.409 e. The summed E-state index contributed by atoms with van der Waals surface area (Å²) in [7, 11) is 0. The molecule has 1 heterocycles. The minimum absolute atomic E-state index is 0.00803. The van der Waals surface area contributed by atoms with E-state index in [1.165, 1.54) is 4.90 Å². The van der Waals surface area contributed by atoms with E-state index in [1.54, 1.807) is 18.2 Å². The van der Waals surface area contributed by atoms with Gasteiger partial charge < -0.3 is 33.6 Å². The van der Waals surface area contributed by atoms with Crippen LogP contribution in [0.5, 0.6) is 11.5 Å². The zero-order chi connectivity index (χ0) is 35.5. The van der Waals surface area contributed by atoms with Crippen LogP contribution < -0.4 is 14.4 Å². The SMILES string of the molecule is O=C(OCCOCCON(O)O)N1CCN(c2ccc(OCCOc3cc(F)ccc3F)cc2)[C@@H](C(=O)N(Cc2ccccc2Cl)C2CC2)C1. The number of anilines is 1. The van der Waals surface area contributed by atoms with Crippen LogP contribution >= 0.6 is 11.6 Å². The van der Waals surface area contributed by atoms with E-state index in [0.717, 1.165) is 42.3 Å². The van der Waals surface area contributed by atoms with Crippen LogP contribution in [0.2, 0.25) is 5.02 Å². The van der Waals surface area contributed by atoms with Crippen molar-refractivity contribution in [2.45, 2.75) is 31.5 Å². The van der Waals surface area contributed by atoms with Gasteiger partial charge in [-0.3, -0.25) is 15.2 Å². The van der Waals surface area contributed by atoms with Crippen LogP contribution in [0, 0.1) is 11.6 Å². The molecule has 3 aromatic rings. The average Bonchev–Trinajstić information content (AvgIpc) is 3.96. The molecule has 16 heteroatoms. The summed E-state index contributed by atoms with van der Waals surface area (Å²) in [6, 6.07) is 16.8. The van der Waals surface area contributed by atoms with Gasteiger partial charge in [0.2, 0.25) is 5.91 Å². The summed E-state index contributed by atoms with van der Waals surface area (Å²) in [4.78, 5) is 37.1. The van der Waals surface area contributed by atoms with Crippen molar-refractivity contribution in [2.75, 3.05) is 64.2 Å². The fourth-order valence-corrected chi connectivity index (χ4v) is 5.63. The standard InChI is InChI=1S/C34H39ClF2N4O9/c35-29-4-2-1-3-24(29)22-40(27-6-7-27)33(42)31-23-38(34(43)49-17-15-46-16-20-50-41(44)45)13-14-39(31)26-8-10-28(11-9-26)47-18-19-48-32-21-25(36)5-12-30(32)37/h1-5,8-12,21,27,31,44-45H,6-7,13-20,22-23H2/t31-/m1/s1. The van der Waals surface area contributed by atoms with Gasteiger partial charge in [-0.2, -0.15) is 0 Å². The Morgan fingerprint density at radius 3 is 2.36 bits per heavy atom. The van der Waals surface area contributed by atoms with Crippen LogP contribution in [0.4, 0.5) is 19.3 Å². The van der Waals surface area contributed by atoms with Gasteiger partial charge in [-0.15, -0.1) is 0 Å². The summed E-state index contributed by atoms with van der Waals surface area (Å²) in [5, 5.41) is 17.2. The fourth-order valence-electron chi connectivity index (χ4n) is 5.44. The maximum atomic E-state index is 14.4. The number of carbonyl (C=O) groups is 2. The lowest BCUT2D eigenvalue weighted by atomic mass is 10.1. The molecule has 0 aromatic heterocycles. The Morgan fingerprint density at radius 1 is 0.880 bits per heavy atom. The summed E-state index contributed by atoms with van der Waals surface area (Å²) in [6.45, 7) is 1.05. The number of benzene rings is 3. The van der Waals surface area contributed by atoms with E-state index in [0.29, 0.717) is 30.4 Å². The Balaban J connectivity index is 1.23. The summed E-state index contributed by atoms with van der Waals surface area (Å²) in [5.74, 6) is -1.10. The summed E-state index contributed by atoms with van der Waals surface area (Å²) in [6.07, 6.45) is 1.15. The Kier molecular flexibility index (Phi) is 13.4. The van der Waals surface area contributed by atoms with E-state index in [1.807, 2.05) is 40.1 Å². The molecule has 2 amide bonds. The number of hydrogen-bond donors (Lipinski definition) is 2. The lowest BCUT2D eigenvalue weighted by Gasteiger charge is -2.43. The van der Waals surface area contributed by atoms with E-state index in [2.05, 4.69) is 4.84 Å². The molecule has 1 saturated carbocycles. The van der Waals surface area contributed by atoms with Crippen molar-refractivity contribution < 1.29 is 52.6 Å². The highest BCUT2D eigenvalue weighted by atomic mass is 35.5. The van der Waals surface area contributed by atoms with E-state index in [-0.39, 0.29) is 63.9 Å². The highest BCUT2D eigenvalue weighted by molar-refractivity contribution is 6.31. The molecular formula is C34H39ClF2N4O9. The zero-order valence-electron chi connectivity index (χ0n) is 27.2. The first-order valence-corrected chi connectivity index (χ1v) is 16.5. The number of amides is 2. The first-order chi connectivity index (χ1) is 24.2. The minimum atomic E-state index is -0.728. The predicted octanol–water partition coefficient (Wildman–Crippen LogP) is 4.92. The van der Waals surface area contributed by atoms with Gasteiger partial charge in [-0.1, -0.05) is 29.8 Å². The smallest absolute Gasteiger partial charge is 0.409 e. The van der Waals surface area contributed by atoms with E-state index in [4.69, 9.17) is 41.0 Å². The van der Waals surface area contributed by atoms with Crippen LogP contribution in [0.15, 0.2) is 66.7 Å². The number of ether oxygens (including phenoxy) is 4. The summed E-state index contributed by atoms with van der Waals surface area (Å²) >= 11 is 6.47. The Morgan fingerprint density at radius 2 is 1.62 bits per heavy atom. The number of hydrogen-bond acceptors (Lipinski definition) is 11. The molecule has 2 aliphatic rings. The first-order valence-electron chi connectivity index (χ1n) is 16.1. The van der Waals surface area contributed by atoms with Crippen LogP contribution in [0.1, 0.15) is 18.4 Å². The quantitative estimate of drug-likeness (QED) is 0.145. The summed E-state index contributed by atoms with van der Waals surface area (Å²) < 4.78 is 48.9. The first kappa shape index (κ1) is 37.0. The average molecular weight is 721 g/mol. The normalized spacial score (nSPS) is 16.0. The molecule has 0 spiro atoms. The molecule has 2 fully saturated rings. The molecular weight excluding hydrogens is 682 g/mol. The lowest BCUT2D eigenvalue weighted by Crippen LogP contribution is -2.61. The van der Waals surface area contributed by atoms with Crippen molar-refractivity contribution in [3.63, 3.8) is 0 Å². The number of carbonyl (C=O) groups excluding carboxylic acids is 2. The molecule has 1 atom stereocenters. The topological polar surface area (TPSA) is 134 Å². The second kappa shape index (κ2) is 18.1. The van der Waals surface area contributed by atoms with Gasteiger partial charge >= 0.3 is 6.09 Å². The van der Waals surface area contributed by atoms with Crippen LogP contribution in [0.25, 0.3) is 0 Å².